The van der Waals surface area contributed by atoms with E-state index < -0.39 is 17.4 Å². The zero-order valence-electron chi connectivity index (χ0n) is 19.7. The first-order valence-corrected chi connectivity index (χ1v) is 10.9. The molecule has 0 saturated heterocycles. The molecule has 0 aliphatic heterocycles. The molecule has 34 heavy (non-hydrogen) atoms. The van der Waals surface area contributed by atoms with Gasteiger partial charge in [-0.2, -0.15) is 0 Å². The average molecular weight is 467 g/mol. The molecule has 0 saturated carbocycles. The minimum absolute atomic E-state index is 0. The molecule has 7 heteroatoms. The van der Waals surface area contributed by atoms with Gasteiger partial charge < -0.3 is 24.7 Å². The Balaban J connectivity index is 0.00000324. The maximum absolute atomic E-state index is 13.0. The fourth-order valence-corrected chi connectivity index (χ4v) is 4.27. The van der Waals surface area contributed by atoms with Crippen LogP contribution in [0.2, 0.25) is 0 Å². The largest absolute Gasteiger partial charge is 1.00 e. The molecule has 0 radical (unpaired) electrons. The van der Waals surface area contributed by atoms with Crippen LogP contribution in [-0.2, 0) is 24.1 Å². The molecule has 0 atom stereocenters. The van der Waals surface area contributed by atoms with Gasteiger partial charge in [-0.1, -0.05) is 54.1 Å². The standard InChI is InChI=1S/C27H27NO5.Na/c1-18-6-5-7-19(14-18)12-13-33-24-15-20(10-11-23(24)32-2)25(29)28-27(26(30)31)16-21-8-3-4-9-22(21)17-27;/h3-11,14-15H,12-13,16-17H2,1-2H3,(H,28,29)(H,30,31);/q;+1/p-1. The molecule has 1 amide bonds. The topological polar surface area (TPSA) is 87.7 Å². The van der Waals surface area contributed by atoms with E-state index in [-0.39, 0.29) is 48.0 Å². The predicted molar refractivity (Wildman–Crippen MR) is 122 cm³/mol. The summed E-state index contributed by atoms with van der Waals surface area (Å²) in [6.45, 7) is 2.45. The fraction of sp³-hybridized carbons (Fsp3) is 0.259. The van der Waals surface area contributed by atoms with Gasteiger partial charge in [0.05, 0.1) is 25.2 Å². The van der Waals surface area contributed by atoms with Gasteiger partial charge in [0, 0.05) is 24.8 Å². The van der Waals surface area contributed by atoms with Crippen LogP contribution in [0.15, 0.2) is 66.7 Å². The van der Waals surface area contributed by atoms with E-state index in [2.05, 4.69) is 11.4 Å². The van der Waals surface area contributed by atoms with Crippen molar-refractivity contribution in [2.24, 2.45) is 0 Å². The van der Waals surface area contributed by atoms with Crippen molar-refractivity contribution in [1.82, 2.24) is 5.32 Å². The minimum Gasteiger partial charge on any atom is -0.548 e. The third-order valence-electron chi connectivity index (χ3n) is 6.00. The van der Waals surface area contributed by atoms with Crippen molar-refractivity contribution in [3.8, 4) is 11.5 Å². The van der Waals surface area contributed by atoms with E-state index in [1.165, 1.54) is 12.7 Å². The molecule has 0 bridgehead atoms. The molecule has 4 rings (SSSR count). The number of hydrogen-bond acceptors (Lipinski definition) is 5. The summed E-state index contributed by atoms with van der Waals surface area (Å²) in [7, 11) is 1.53. The van der Waals surface area contributed by atoms with E-state index in [0.717, 1.165) is 16.7 Å². The monoisotopic (exact) mass is 467 g/mol. The Kier molecular flexibility index (Phi) is 8.42. The first-order valence-electron chi connectivity index (χ1n) is 10.9. The van der Waals surface area contributed by atoms with Crippen LogP contribution in [0.3, 0.4) is 0 Å². The molecule has 1 aliphatic carbocycles. The number of nitrogens with one attached hydrogen (secondary N) is 1. The molecule has 6 nitrogen and oxygen atoms in total. The summed E-state index contributed by atoms with van der Waals surface area (Å²) in [6, 6.07) is 20.5. The molecule has 0 aromatic heterocycles. The van der Waals surface area contributed by atoms with Crippen LogP contribution in [0, 0.1) is 6.92 Å². The van der Waals surface area contributed by atoms with Gasteiger partial charge >= 0.3 is 29.6 Å². The molecule has 0 fully saturated rings. The van der Waals surface area contributed by atoms with Crippen molar-refractivity contribution in [3.63, 3.8) is 0 Å². The van der Waals surface area contributed by atoms with Gasteiger partial charge in [-0.15, -0.1) is 0 Å². The SMILES string of the molecule is COc1ccc(C(=O)NC2(C(=O)[O-])Cc3ccccc3C2)cc1OCCc1cccc(C)c1.[Na+]. The van der Waals surface area contributed by atoms with Crippen molar-refractivity contribution in [2.75, 3.05) is 13.7 Å². The molecule has 0 unspecified atom stereocenters. The number of ether oxygens (including phenoxy) is 2. The maximum atomic E-state index is 13.0. The summed E-state index contributed by atoms with van der Waals surface area (Å²) in [5.41, 5.74) is 2.94. The van der Waals surface area contributed by atoms with Crippen molar-refractivity contribution in [3.05, 3.63) is 94.5 Å². The van der Waals surface area contributed by atoms with Crippen molar-refractivity contribution in [2.45, 2.75) is 31.7 Å². The van der Waals surface area contributed by atoms with E-state index >= 15 is 0 Å². The summed E-state index contributed by atoms with van der Waals surface area (Å²) in [5, 5.41) is 14.8. The van der Waals surface area contributed by atoms with E-state index in [0.29, 0.717) is 24.5 Å². The van der Waals surface area contributed by atoms with E-state index in [9.17, 15) is 14.7 Å². The summed E-state index contributed by atoms with van der Waals surface area (Å²) < 4.78 is 11.3. The molecule has 1 aliphatic rings. The van der Waals surface area contributed by atoms with Crippen molar-refractivity contribution >= 4 is 11.9 Å². The van der Waals surface area contributed by atoms with E-state index in [1.54, 1.807) is 18.2 Å². The number of fused-ring (bicyclic) bond motifs is 1. The average Bonchev–Trinajstić information content (AvgIpc) is 3.18. The van der Waals surface area contributed by atoms with Crippen LogP contribution >= 0.6 is 0 Å². The summed E-state index contributed by atoms with van der Waals surface area (Å²) in [4.78, 5) is 25.1. The Morgan fingerprint density at radius 1 is 0.971 bits per heavy atom. The number of carbonyl (C=O) groups is 2. The van der Waals surface area contributed by atoms with Gasteiger partial charge in [-0.05, 0) is 41.8 Å². The number of amides is 1. The Bertz CT molecular complexity index is 1170. The van der Waals surface area contributed by atoms with Crippen LogP contribution in [0.4, 0.5) is 0 Å². The van der Waals surface area contributed by atoms with Gasteiger partial charge in [0.25, 0.3) is 5.91 Å². The molecule has 0 heterocycles. The Hall–Kier alpha value is -2.80. The van der Waals surface area contributed by atoms with Crippen LogP contribution in [-0.4, -0.2) is 31.1 Å². The van der Waals surface area contributed by atoms with E-state index in [4.69, 9.17) is 9.47 Å². The van der Waals surface area contributed by atoms with Crippen LogP contribution in [0.5, 0.6) is 11.5 Å². The number of carboxylic acids is 1. The quantitative estimate of drug-likeness (QED) is 0.458. The number of carbonyl (C=O) groups excluding carboxylic acids is 2. The predicted octanol–water partition coefficient (Wildman–Crippen LogP) is -0.354. The number of carboxylic acid groups (broad SMARTS) is 1. The zero-order valence-corrected chi connectivity index (χ0v) is 21.7. The maximum Gasteiger partial charge on any atom is 1.00 e. The molecule has 3 aromatic rings. The third-order valence-corrected chi connectivity index (χ3v) is 6.00. The molecule has 3 aromatic carbocycles. The number of benzene rings is 3. The normalized spacial score (nSPS) is 13.4. The molecular weight excluding hydrogens is 441 g/mol. The van der Waals surface area contributed by atoms with Crippen LogP contribution in [0.1, 0.15) is 32.6 Å². The Labute approximate surface area is 221 Å². The first kappa shape index (κ1) is 25.8. The fourth-order valence-electron chi connectivity index (χ4n) is 4.27. The van der Waals surface area contributed by atoms with Crippen molar-refractivity contribution < 1.29 is 53.7 Å². The summed E-state index contributed by atoms with van der Waals surface area (Å²) in [5.74, 6) is -0.873. The van der Waals surface area contributed by atoms with Crippen molar-refractivity contribution in [1.29, 1.82) is 0 Å². The van der Waals surface area contributed by atoms with E-state index in [1.807, 2.05) is 49.4 Å². The van der Waals surface area contributed by atoms with Gasteiger partial charge in [0.1, 0.15) is 0 Å². The van der Waals surface area contributed by atoms with Gasteiger partial charge in [-0.25, -0.2) is 0 Å². The molecular formula is C27H26NNaO5. The van der Waals surface area contributed by atoms with Gasteiger partial charge in [0.15, 0.2) is 11.5 Å². The number of aliphatic carboxylic acids is 1. The summed E-state index contributed by atoms with van der Waals surface area (Å²) >= 11 is 0. The molecule has 170 valence electrons. The second-order valence-electron chi connectivity index (χ2n) is 8.40. The number of rotatable bonds is 8. The third kappa shape index (κ3) is 5.63. The number of methoxy groups -OCH3 is 1. The van der Waals surface area contributed by atoms with Crippen LogP contribution in [0.25, 0.3) is 0 Å². The second kappa shape index (κ2) is 11.1. The first-order chi connectivity index (χ1) is 15.9. The smallest absolute Gasteiger partial charge is 0.548 e. The number of aryl methyl sites for hydroxylation is 1. The van der Waals surface area contributed by atoms with Gasteiger partial charge in [0.2, 0.25) is 0 Å². The Morgan fingerprint density at radius 2 is 1.68 bits per heavy atom. The van der Waals surface area contributed by atoms with Gasteiger partial charge in [-0.3, -0.25) is 4.79 Å². The van der Waals surface area contributed by atoms with Crippen LogP contribution < -0.4 is 49.5 Å². The molecule has 0 spiro atoms. The minimum atomic E-state index is -1.48. The molecule has 1 N–H and O–H groups in total. The Morgan fingerprint density at radius 3 is 2.29 bits per heavy atom. The zero-order chi connectivity index (χ0) is 23.4. The second-order valence-corrected chi connectivity index (χ2v) is 8.40. The number of hydrogen-bond donors (Lipinski definition) is 1. The summed E-state index contributed by atoms with van der Waals surface area (Å²) in [6.07, 6.45) is 1.08.